The van der Waals surface area contributed by atoms with Crippen molar-refractivity contribution in [2.45, 2.75) is 53.9 Å². The van der Waals surface area contributed by atoms with Gasteiger partial charge in [-0.3, -0.25) is 5.41 Å². The Morgan fingerprint density at radius 1 is 1.12 bits per heavy atom. The number of hydrogen-bond donors (Lipinski definition) is 1. The minimum absolute atomic E-state index is 0.528. The third-order valence-corrected chi connectivity index (χ3v) is 5.49. The zero-order valence-electron chi connectivity index (χ0n) is 15.7. The molecule has 0 amide bonds. The van der Waals surface area contributed by atoms with Gasteiger partial charge in [0.05, 0.1) is 5.71 Å². The second-order valence-electron chi connectivity index (χ2n) is 7.73. The third-order valence-electron chi connectivity index (χ3n) is 5.49. The lowest BCUT2D eigenvalue weighted by Gasteiger charge is -2.36. The van der Waals surface area contributed by atoms with Crippen LogP contribution in [0.25, 0.3) is 6.08 Å². The van der Waals surface area contributed by atoms with Crippen molar-refractivity contribution in [2.24, 2.45) is 11.8 Å². The van der Waals surface area contributed by atoms with Crippen LogP contribution in [0, 0.1) is 31.1 Å². The lowest BCUT2D eigenvalue weighted by Crippen LogP contribution is -2.27. The first-order valence-corrected chi connectivity index (χ1v) is 9.10. The molecular weight excluding hydrogens is 290 g/mol. The maximum absolute atomic E-state index is 9.06. The van der Waals surface area contributed by atoms with Gasteiger partial charge < -0.3 is 0 Å². The van der Waals surface area contributed by atoms with Gasteiger partial charge in [0, 0.05) is 5.56 Å². The van der Waals surface area contributed by atoms with Crippen molar-refractivity contribution in [1.29, 1.82) is 5.41 Å². The normalized spacial score (nSPS) is 23.6. The first-order chi connectivity index (χ1) is 11.4. The summed E-state index contributed by atoms with van der Waals surface area (Å²) < 4.78 is 0. The summed E-state index contributed by atoms with van der Waals surface area (Å²) in [7, 11) is 0. The molecule has 1 N–H and O–H groups in total. The molecule has 0 heterocycles. The van der Waals surface area contributed by atoms with Crippen molar-refractivity contribution in [1.82, 2.24) is 0 Å². The van der Waals surface area contributed by atoms with Gasteiger partial charge in [-0.15, -0.1) is 0 Å². The van der Waals surface area contributed by atoms with Crippen LogP contribution in [-0.2, 0) is 0 Å². The highest BCUT2D eigenvalue weighted by molar-refractivity contribution is 6.14. The third kappa shape index (κ3) is 3.05. The van der Waals surface area contributed by atoms with E-state index in [4.69, 9.17) is 5.41 Å². The van der Waals surface area contributed by atoms with Crippen molar-refractivity contribution in [3.8, 4) is 0 Å². The lowest BCUT2D eigenvalue weighted by molar-refractivity contribution is 0.408. The Balaban J connectivity index is 2.08. The van der Waals surface area contributed by atoms with Crippen molar-refractivity contribution in [3.05, 3.63) is 63.3 Å². The van der Waals surface area contributed by atoms with Crippen molar-refractivity contribution < 1.29 is 0 Å². The predicted molar refractivity (Wildman–Crippen MR) is 105 cm³/mol. The maximum atomic E-state index is 9.06. The number of aryl methyl sites for hydroxylation is 2. The summed E-state index contributed by atoms with van der Waals surface area (Å²) in [6.07, 6.45) is 10.2. The summed E-state index contributed by atoms with van der Waals surface area (Å²) in [4.78, 5) is 0. The van der Waals surface area contributed by atoms with Crippen LogP contribution in [0.1, 0.15) is 62.3 Å². The average Bonchev–Trinajstić information content (AvgIpc) is 2.45. The number of rotatable bonds is 3. The number of fused-ring (bicyclic) bond motifs is 2. The Labute approximate surface area is 146 Å². The maximum Gasteiger partial charge on any atom is 0.0655 e. The molecule has 126 valence electrons. The summed E-state index contributed by atoms with van der Waals surface area (Å²) >= 11 is 0. The molecule has 0 saturated carbocycles. The van der Waals surface area contributed by atoms with E-state index in [1.165, 1.54) is 39.8 Å². The quantitative estimate of drug-likeness (QED) is 0.492. The largest absolute Gasteiger partial charge is 0.300 e. The van der Waals surface area contributed by atoms with Gasteiger partial charge in [-0.05, 0) is 82.4 Å². The molecule has 0 radical (unpaired) electrons. The van der Waals surface area contributed by atoms with Crippen molar-refractivity contribution in [2.75, 3.05) is 0 Å². The monoisotopic (exact) mass is 319 g/mol. The molecule has 3 rings (SSSR count). The van der Waals surface area contributed by atoms with Crippen LogP contribution in [0.15, 0.2) is 41.0 Å². The SMILES string of the molecule is C/C=C/c1cc(C)cc(C)c1C(=N)C1=C(C)CC2C=C(C)CC1C2. The zero-order valence-corrected chi connectivity index (χ0v) is 15.7. The van der Waals surface area contributed by atoms with E-state index in [0.29, 0.717) is 11.8 Å². The molecule has 0 aliphatic heterocycles. The summed E-state index contributed by atoms with van der Waals surface area (Å²) in [6.45, 7) is 10.8. The Kier molecular flexibility index (Phi) is 4.62. The van der Waals surface area contributed by atoms with Gasteiger partial charge in [-0.2, -0.15) is 0 Å². The van der Waals surface area contributed by atoms with Crippen LogP contribution in [-0.4, -0.2) is 5.71 Å². The summed E-state index contributed by atoms with van der Waals surface area (Å²) in [5.41, 5.74) is 9.80. The highest BCUT2D eigenvalue weighted by Gasteiger charge is 2.33. The standard InChI is InChI=1S/C23H29N/c1-6-7-19-10-14(2)8-16(4)21(19)23(24)22-17(5)12-18-9-15(3)11-20(22)13-18/h6-10,18,20,24H,11-13H2,1-5H3/b7-6+,24-23?. The van der Waals surface area contributed by atoms with Gasteiger partial charge in [-0.1, -0.05) is 47.1 Å². The topological polar surface area (TPSA) is 23.9 Å². The van der Waals surface area contributed by atoms with Gasteiger partial charge in [-0.25, -0.2) is 0 Å². The number of benzene rings is 1. The minimum atomic E-state index is 0.528. The molecular formula is C23H29N. The summed E-state index contributed by atoms with van der Waals surface area (Å²) in [6, 6.07) is 4.43. The zero-order chi connectivity index (χ0) is 17.4. The van der Waals surface area contributed by atoms with E-state index in [1.54, 1.807) is 0 Å². The van der Waals surface area contributed by atoms with Crippen LogP contribution in [0.3, 0.4) is 0 Å². The van der Waals surface area contributed by atoms with Gasteiger partial charge in [0.15, 0.2) is 0 Å². The molecule has 2 aliphatic rings. The minimum Gasteiger partial charge on any atom is -0.300 e. The molecule has 24 heavy (non-hydrogen) atoms. The average molecular weight is 319 g/mol. The Morgan fingerprint density at radius 2 is 1.88 bits per heavy atom. The van der Waals surface area contributed by atoms with E-state index in [1.807, 2.05) is 0 Å². The van der Waals surface area contributed by atoms with E-state index < -0.39 is 0 Å². The fourth-order valence-electron chi connectivity index (χ4n) is 4.79. The smallest absolute Gasteiger partial charge is 0.0655 e. The first kappa shape index (κ1) is 17.0. The van der Waals surface area contributed by atoms with E-state index >= 15 is 0 Å². The van der Waals surface area contributed by atoms with Crippen LogP contribution in [0.5, 0.6) is 0 Å². The fraction of sp³-hybridized carbons (Fsp3) is 0.435. The molecule has 1 aromatic carbocycles. The molecule has 1 heteroatoms. The van der Waals surface area contributed by atoms with Crippen LogP contribution < -0.4 is 0 Å². The highest BCUT2D eigenvalue weighted by Crippen LogP contribution is 2.43. The van der Waals surface area contributed by atoms with E-state index in [9.17, 15) is 0 Å². The second kappa shape index (κ2) is 6.55. The van der Waals surface area contributed by atoms with Gasteiger partial charge >= 0.3 is 0 Å². The van der Waals surface area contributed by atoms with Gasteiger partial charge in [0.2, 0.25) is 0 Å². The molecule has 2 atom stereocenters. The Morgan fingerprint density at radius 3 is 2.58 bits per heavy atom. The molecule has 0 aromatic heterocycles. The summed E-state index contributed by atoms with van der Waals surface area (Å²) in [5.74, 6) is 1.22. The Hall–Kier alpha value is -1.89. The number of nitrogens with one attached hydrogen (secondary N) is 1. The van der Waals surface area contributed by atoms with E-state index in [-0.39, 0.29) is 0 Å². The molecule has 0 fully saturated rings. The molecule has 2 bridgehead atoms. The van der Waals surface area contributed by atoms with Crippen LogP contribution >= 0.6 is 0 Å². The Bertz CT molecular complexity index is 773. The van der Waals surface area contributed by atoms with Crippen molar-refractivity contribution in [3.63, 3.8) is 0 Å². The molecule has 0 spiro atoms. The predicted octanol–water partition coefficient (Wildman–Crippen LogP) is 6.40. The van der Waals surface area contributed by atoms with E-state index in [0.717, 1.165) is 24.1 Å². The van der Waals surface area contributed by atoms with Gasteiger partial charge in [0.1, 0.15) is 0 Å². The molecule has 0 saturated heterocycles. The van der Waals surface area contributed by atoms with Crippen LogP contribution in [0.2, 0.25) is 0 Å². The van der Waals surface area contributed by atoms with Gasteiger partial charge in [0.25, 0.3) is 0 Å². The number of allylic oxidation sites excluding steroid dienone is 5. The summed E-state index contributed by atoms with van der Waals surface area (Å²) in [5, 5.41) is 9.06. The van der Waals surface area contributed by atoms with E-state index in [2.05, 4.69) is 65.0 Å². The van der Waals surface area contributed by atoms with Crippen molar-refractivity contribution >= 4 is 11.8 Å². The first-order valence-electron chi connectivity index (χ1n) is 9.10. The molecule has 2 unspecified atom stereocenters. The number of hydrogen-bond acceptors (Lipinski definition) is 1. The second-order valence-corrected chi connectivity index (χ2v) is 7.73. The molecule has 2 aliphatic carbocycles. The lowest BCUT2D eigenvalue weighted by atomic mass is 9.68. The fourth-order valence-corrected chi connectivity index (χ4v) is 4.79. The highest BCUT2D eigenvalue weighted by atomic mass is 14.5. The van der Waals surface area contributed by atoms with Crippen LogP contribution in [0.4, 0.5) is 0 Å². The molecule has 1 aromatic rings. The molecule has 1 nitrogen and oxygen atoms in total.